The number of hydrogen-bond acceptors (Lipinski definition) is 6. The van der Waals surface area contributed by atoms with Gasteiger partial charge in [0.05, 0.1) is 29.5 Å². The van der Waals surface area contributed by atoms with Gasteiger partial charge >= 0.3 is 0 Å². The molecule has 0 saturated carbocycles. The Morgan fingerprint density at radius 1 is 0.946 bits per heavy atom. The first-order chi connectivity index (χ1) is 17.9. The first-order valence-corrected chi connectivity index (χ1v) is 11.8. The van der Waals surface area contributed by atoms with Gasteiger partial charge in [-0.05, 0) is 48.9 Å². The molecule has 188 valence electrons. The Morgan fingerprint density at radius 3 is 2.46 bits per heavy atom. The molecule has 10 nitrogen and oxygen atoms in total. The molecule has 0 spiro atoms. The maximum Gasteiger partial charge on any atom is 0.291 e. The van der Waals surface area contributed by atoms with Crippen LogP contribution >= 0.6 is 0 Å². The van der Waals surface area contributed by atoms with E-state index in [-0.39, 0.29) is 23.7 Å². The number of aromatic nitrogens is 4. The third-order valence-electron chi connectivity index (χ3n) is 6.07. The summed E-state index contributed by atoms with van der Waals surface area (Å²) in [4.78, 5) is 26.0. The number of ether oxygens (including phenoxy) is 1. The molecule has 37 heavy (non-hydrogen) atoms. The van der Waals surface area contributed by atoms with Crippen LogP contribution in [0, 0.1) is 6.92 Å². The zero-order chi connectivity index (χ0) is 25.9. The highest BCUT2D eigenvalue weighted by molar-refractivity contribution is 6.11. The van der Waals surface area contributed by atoms with Crippen molar-refractivity contribution in [2.45, 2.75) is 27.0 Å². The number of fused-ring (bicyclic) bond motifs is 1. The summed E-state index contributed by atoms with van der Waals surface area (Å²) in [5, 5.41) is 16.1. The Morgan fingerprint density at radius 2 is 1.70 bits per heavy atom. The van der Waals surface area contributed by atoms with Gasteiger partial charge in [0, 0.05) is 13.6 Å². The van der Waals surface area contributed by atoms with Gasteiger partial charge in [-0.15, -0.1) is 0 Å². The van der Waals surface area contributed by atoms with E-state index in [9.17, 15) is 9.59 Å². The van der Waals surface area contributed by atoms with Crippen molar-refractivity contribution in [2.75, 3.05) is 10.6 Å². The van der Waals surface area contributed by atoms with E-state index in [0.717, 1.165) is 16.5 Å². The fourth-order valence-corrected chi connectivity index (χ4v) is 3.93. The lowest BCUT2D eigenvalue weighted by atomic mass is 10.1. The number of nitrogens with zero attached hydrogens (tertiary/aromatic N) is 4. The first-order valence-electron chi connectivity index (χ1n) is 11.8. The van der Waals surface area contributed by atoms with E-state index >= 15 is 0 Å². The van der Waals surface area contributed by atoms with E-state index in [4.69, 9.17) is 9.15 Å². The van der Waals surface area contributed by atoms with Crippen LogP contribution in [0.25, 0.3) is 10.8 Å². The third kappa shape index (κ3) is 4.94. The molecule has 2 amide bonds. The van der Waals surface area contributed by atoms with Crippen LogP contribution in [0.4, 0.5) is 11.4 Å². The van der Waals surface area contributed by atoms with Crippen molar-refractivity contribution < 1.29 is 18.7 Å². The number of rotatable bonds is 8. The van der Waals surface area contributed by atoms with Gasteiger partial charge in [0.25, 0.3) is 11.8 Å². The molecular formula is C27H26N6O4. The highest BCUT2D eigenvalue weighted by Gasteiger charge is 2.22. The summed E-state index contributed by atoms with van der Waals surface area (Å²) in [6, 6.07) is 17.1. The van der Waals surface area contributed by atoms with Crippen LogP contribution in [0.3, 0.4) is 0 Å². The topological polar surface area (TPSA) is 116 Å². The van der Waals surface area contributed by atoms with Crippen molar-refractivity contribution in [3.63, 3.8) is 0 Å². The number of amides is 2. The minimum atomic E-state index is -0.501. The molecule has 0 fully saturated rings. The van der Waals surface area contributed by atoms with E-state index in [2.05, 4.69) is 20.8 Å². The maximum absolute atomic E-state index is 13.1. The van der Waals surface area contributed by atoms with Gasteiger partial charge in [-0.1, -0.05) is 30.3 Å². The number of benzene rings is 2. The van der Waals surface area contributed by atoms with Crippen molar-refractivity contribution >= 4 is 34.0 Å². The number of hydrogen-bond donors (Lipinski definition) is 2. The SMILES string of the molecule is CCn1ncc(NC(=O)c2ccc(COc3ccc4ccccc4c3)o2)c1C(=O)Nc1cnn(C)c1C. The van der Waals surface area contributed by atoms with Crippen LogP contribution in [0.1, 0.15) is 39.4 Å². The summed E-state index contributed by atoms with van der Waals surface area (Å²) >= 11 is 0. The summed E-state index contributed by atoms with van der Waals surface area (Å²) in [5.41, 5.74) is 1.88. The van der Waals surface area contributed by atoms with E-state index < -0.39 is 11.8 Å². The lowest BCUT2D eigenvalue weighted by Crippen LogP contribution is -2.21. The fraction of sp³-hybridized carbons (Fsp3) is 0.185. The predicted octanol–water partition coefficient (Wildman–Crippen LogP) is 4.77. The molecule has 0 atom stereocenters. The number of carbonyl (C=O) groups is 2. The zero-order valence-corrected chi connectivity index (χ0v) is 20.7. The lowest BCUT2D eigenvalue weighted by Gasteiger charge is -2.09. The molecule has 0 aliphatic carbocycles. The summed E-state index contributed by atoms with van der Waals surface area (Å²) in [6.07, 6.45) is 3.02. The molecule has 3 aromatic heterocycles. The average molecular weight is 499 g/mol. The van der Waals surface area contributed by atoms with Crippen LogP contribution in [0.15, 0.2) is 71.4 Å². The van der Waals surface area contributed by atoms with Crippen molar-refractivity contribution in [1.82, 2.24) is 19.6 Å². The van der Waals surface area contributed by atoms with Crippen LogP contribution in [0.5, 0.6) is 5.75 Å². The van der Waals surface area contributed by atoms with Gasteiger partial charge in [-0.3, -0.25) is 19.0 Å². The monoisotopic (exact) mass is 498 g/mol. The van der Waals surface area contributed by atoms with Crippen molar-refractivity contribution in [2.24, 2.45) is 7.05 Å². The van der Waals surface area contributed by atoms with Crippen molar-refractivity contribution in [3.05, 3.63) is 89.9 Å². The van der Waals surface area contributed by atoms with Gasteiger partial charge in [0.15, 0.2) is 5.76 Å². The second kappa shape index (κ2) is 10.0. The quantitative estimate of drug-likeness (QED) is 0.318. The minimum Gasteiger partial charge on any atom is -0.486 e. The zero-order valence-electron chi connectivity index (χ0n) is 20.7. The second-order valence-electron chi connectivity index (χ2n) is 8.46. The molecule has 10 heteroatoms. The number of anilines is 2. The Bertz CT molecular complexity index is 1600. The summed E-state index contributed by atoms with van der Waals surface area (Å²) < 4.78 is 14.7. The standard InChI is InChI=1S/C27H26N6O4/c1-4-33-25(27(35)30-22-14-28-32(3)17(22)2)23(15-29-33)31-26(34)24-12-11-21(37-24)16-36-20-10-9-18-7-5-6-8-19(18)13-20/h5-15H,4,16H2,1-3H3,(H,30,35)(H,31,34). The van der Waals surface area contributed by atoms with Crippen LogP contribution in [-0.4, -0.2) is 31.4 Å². The largest absolute Gasteiger partial charge is 0.486 e. The molecule has 5 rings (SSSR count). The lowest BCUT2D eigenvalue weighted by molar-refractivity contribution is 0.0992. The Kier molecular flexibility index (Phi) is 6.46. The van der Waals surface area contributed by atoms with Gasteiger partial charge in [-0.25, -0.2) is 0 Å². The highest BCUT2D eigenvalue weighted by atomic mass is 16.5. The number of carbonyl (C=O) groups excluding carboxylic acids is 2. The first kappa shape index (κ1) is 23.9. The van der Waals surface area contributed by atoms with Crippen LogP contribution in [-0.2, 0) is 20.2 Å². The number of nitrogens with one attached hydrogen (secondary N) is 2. The molecule has 0 unspecified atom stereocenters. The van der Waals surface area contributed by atoms with Gasteiger partial charge in [0.1, 0.15) is 23.8 Å². The molecule has 0 aliphatic rings. The minimum absolute atomic E-state index is 0.0934. The Hall–Kier alpha value is -4.86. The smallest absolute Gasteiger partial charge is 0.291 e. The molecule has 2 N–H and O–H groups in total. The van der Waals surface area contributed by atoms with Gasteiger partial charge in [-0.2, -0.15) is 10.2 Å². The van der Waals surface area contributed by atoms with Gasteiger partial charge in [0.2, 0.25) is 0 Å². The molecule has 3 heterocycles. The maximum atomic E-state index is 13.1. The second-order valence-corrected chi connectivity index (χ2v) is 8.46. The predicted molar refractivity (Wildman–Crippen MR) is 139 cm³/mol. The molecule has 0 radical (unpaired) electrons. The van der Waals surface area contributed by atoms with Crippen LogP contribution < -0.4 is 15.4 Å². The van der Waals surface area contributed by atoms with E-state index in [1.54, 1.807) is 30.1 Å². The van der Waals surface area contributed by atoms with E-state index in [1.165, 1.54) is 10.9 Å². The van der Waals surface area contributed by atoms with E-state index in [1.807, 2.05) is 56.3 Å². The third-order valence-corrected chi connectivity index (χ3v) is 6.07. The highest BCUT2D eigenvalue weighted by Crippen LogP contribution is 2.23. The molecule has 5 aromatic rings. The van der Waals surface area contributed by atoms with Gasteiger partial charge < -0.3 is 19.8 Å². The Labute approximate surface area is 212 Å². The normalized spacial score (nSPS) is 11.0. The Balaban J connectivity index is 1.26. The molecule has 0 aliphatic heterocycles. The number of furan rings is 1. The fourth-order valence-electron chi connectivity index (χ4n) is 3.93. The molecule has 0 bridgehead atoms. The summed E-state index contributed by atoms with van der Waals surface area (Å²) in [7, 11) is 1.79. The molecular weight excluding hydrogens is 472 g/mol. The van der Waals surface area contributed by atoms with Crippen LogP contribution in [0.2, 0.25) is 0 Å². The van der Waals surface area contributed by atoms with Crippen molar-refractivity contribution in [1.29, 1.82) is 0 Å². The number of aryl methyl sites for hydroxylation is 2. The summed E-state index contributed by atoms with van der Waals surface area (Å²) in [5.74, 6) is 0.380. The average Bonchev–Trinajstić information content (AvgIpc) is 3.63. The van der Waals surface area contributed by atoms with E-state index in [0.29, 0.717) is 23.7 Å². The van der Waals surface area contributed by atoms with Crippen molar-refractivity contribution in [3.8, 4) is 5.75 Å². The molecule has 2 aromatic carbocycles. The summed E-state index contributed by atoms with van der Waals surface area (Å²) in [6.45, 7) is 4.32. The molecule has 0 saturated heterocycles.